The van der Waals surface area contributed by atoms with Crippen molar-refractivity contribution in [1.29, 1.82) is 0 Å². The second-order valence-corrected chi connectivity index (χ2v) is 3.87. The van der Waals surface area contributed by atoms with Crippen LogP contribution in [-0.4, -0.2) is 32.4 Å². The van der Waals surface area contributed by atoms with Crippen LogP contribution in [0.2, 0.25) is 0 Å². The molecule has 0 unspecified atom stereocenters. The molecule has 0 aliphatic rings. The van der Waals surface area contributed by atoms with Crippen LogP contribution in [0.1, 0.15) is 13.8 Å². The Kier molecular flexibility index (Phi) is 4.90. The molecule has 0 aromatic carbocycles. The topological polar surface area (TPSA) is 49.4 Å². The summed E-state index contributed by atoms with van der Waals surface area (Å²) in [5.41, 5.74) is 0. The van der Waals surface area contributed by atoms with Crippen molar-refractivity contribution >= 4 is 10.2 Å². The number of terminal acetylenes is 1. The van der Waals surface area contributed by atoms with Gasteiger partial charge in [0.1, 0.15) is 0 Å². The van der Waals surface area contributed by atoms with Gasteiger partial charge < -0.3 is 0 Å². The van der Waals surface area contributed by atoms with Crippen LogP contribution < -0.4 is 4.72 Å². The molecule has 0 atom stereocenters. The predicted molar refractivity (Wildman–Crippen MR) is 48.7 cm³/mol. The Morgan fingerprint density at radius 3 is 2.25 bits per heavy atom. The number of hydrogen-bond acceptors (Lipinski definition) is 2. The lowest BCUT2D eigenvalue weighted by molar-refractivity contribution is 0.437. The number of nitrogens with one attached hydrogen (secondary N) is 1. The number of hydrogen-bond donors (Lipinski definition) is 1. The van der Waals surface area contributed by atoms with Gasteiger partial charge in [0.2, 0.25) is 0 Å². The summed E-state index contributed by atoms with van der Waals surface area (Å²) in [5.74, 6) is 2.21. The zero-order valence-corrected chi connectivity index (χ0v) is 8.19. The number of rotatable bonds is 5. The smallest absolute Gasteiger partial charge is 0.195 e. The molecule has 12 heavy (non-hydrogen) atoms. The van der Waals surface area contributed by atoms with E-state index in [1.165, 1.54) is 4.31 Å². The second-order valence-electron chi connectivity index (χ2n) is 2.11. The first kappa shape index (κ1) is 11.4. The van der Waals surface area contributed by atoms with E-state index in [2.05, 4.69) is 10.6 Å². The van der Waals surface area contributed by atoms with E-state index in [1.54, 1.807) is 13.8 Å². The Hall–Kier alpha value is -0.570. The van der Waals surface area contributed by atoms with E-state index in [9.17, 15) is 8.42 Å². The summed E-state index contributed by atoms with van der Waals surface area (Å²) >= 11 is 0. The Morgan fingerprint density at radius 2 is 1.92 bits per heavy atom. The lowest BCUT2D eigenvalue weighted by Crippen LogP contribution is -2.40. The van der Waals surface area contributed by atoms with E-state index in [-0.39, 0.29) is 6.54 Å². The van der Waals surface area contributed by atoms with Gasteiger partial charge in [-0.15, -0.1) is 6.42 Å². The zero-order valence-electron chi connectivity index (χ0n) is 7.37. The van der Waals surface area contributed by atoms with Crippen molar-refractivity contribution in [2.45, 2.75) is 13.8 Å². The van der Waals surface area contributed by atoms with E-state index in [4.69, 9.17) is 6.42 Å². The lowest BCUT2D eigenvalue weighted by atomic mass is 10.7. The first-order valence-corrected chi connectivity index (χ1v) is 5.20. The largest absolute Gasteiger partial charge is 0.280 e. The molecule has 0 amide bonds. The van der Waals surface area contributed by atoms with E-state index >= 15 is 0 Å². The SMILES string of the molecule is C#CCNS(=O)(=O)N(CC)CC. The van der Waals surface area contributed by atoms with Gasteiger partial charge in [0.15, 0.2) is 0 Å². The highest BCUT2D eigenvalue weighted by molar-refractivity contribution is 7.87. The molecule has 0 saturated carbocycles. The quantitative estimate of drug-likeness (QED) is 0.610. The second kappa shape index (κ2) is 5.14. The molecule has 5 heteroatoms. The van der Waals surface area contributed by atoms with Crippen LogP contribution in [-0.2, 0) is 10.2 Å². The first-order valence-electron chi connectivity index (χ1n) is 3.76. The van der Waals surface area contributed by atoms with E-state index in [1.807, 2.05) is 0 Å². The molecule has 0 aliphatic carbocycles. The molecule has 4 nitrogen and oxygen atoms in total. The van der Waals surface area contributed by atoms with Gasteiger partial charge in [-0.1, -0.05) is 19.8 Å². The average Bonchev–Trinajstić information content (AvgIpc) is 2.03. The van der Waals surface area contributed by atoms with Crippen molar-refractivity contribution in [3.8, 4) is 12.3 Å². The molecule has 0 bridgehead atoms. The highest BCUT2D eigenvalue weighted by Gasteiger charge is 2.16. The highest BCUT2D eigenvalue weighted by atomic mass is 32.2. The third kappa shape index (κ3) is 3.22. The molecule has 0 aliphatic heterocycles. The minimum Gasteiger partial charge on any atom is -0.195 e. The van der Waals surface area contributed by atoms with Gasteiger partial charge in [0, 0.05) is 13.1 Å². The van der Waals surface area contributed by atoms with Gasteiger partial charge in [0.05, 0.1) is 6.54 Å². The van der Waals surface area contributed by atoms with Crippen LogP contribution in [0, 0.1) is 12.3 Å². The molecule has 0 aromatic heterocycles. The fourth-order valence-electron chi connectivity index (χ4n) is 0.788. The average molecular weight is 190 g/mol. The lowest BCUT2D eigenvalue weighted by Gasteiger charge is -2.17. The monoisotopic (exact) mass is 190 g/mol. The van der Waals surface area contributed by atoms with Crippen LogP contribution in [0.25, 0.3) is 0 Å². The Morgan fingerprint density at radius 1 is 1.42 bits per heavy atom. The minimum absolute atomic E-state index is 0.0405. The van der Waals surface area contributed by atoms with Crippen LogP contribution in [0.4, 0.5) is 0 Å². The fraction of sp³-hybridized carbons (Fsp3) is 0.714. The van der Waals surface area contributed by atoms with Gasteiger partial charge in [-0.05, 0) is 0 Å². The predicted octanol–water partition coefficient (Wildman–Crippen LogP) is -0.204. The van der Waals surface area contributed by atoms with Gasteiger partial charge in [0.25, 0.3) is 10.2 Å². The van der Waals surface area contributed by atoms with Crippen molar-refractivity contribution in [2.75, 3.05) is 19.6 Å². The van der Waals surface area contributed by atoms with Crippen LogP contribution >= 0.6 is 0 Å². The van der Waals surface area contributed by atoms with Gasteiger partial charge in [-0.3, -0.25) is 0 Å². The molecule has 70 valence electrons. The van der Waals surface area contributed by atoms with Crippen molar-refractivity contribution in [2.24, 2.45) is 0 Å². The van der Waals surface area contributed by atoms with Crippen molar-refractivity contribution < 1.29 is 8.42 Å². The third-order valence-corrected chi connectivity index (χ3v) is 3.11. The highest BCUT2D eigenvalue weighted by Crippen LogP contribution is 1.94. The zero-order chi connectivity index (χ0) is 9.61. The van der Waals surface area contributed by atoms with E-state index in [0.29, 0.717) is 13.1 Å². The summed E-state index contributed by atoms with van der Waals surface area (Å²) in [7, 11) is -3.34. The minimum atomic E-state index is -3.34. The maximum atomic E-state index is 11.3. The van der Waals surface area contributed by atoms with E-state index in [0.717, 1.165) is 0 Å². The van der Waals surface area contributed by atoms with Gasteiger partial charge in [-0.2, -0.15) is 17.4 Å². The Bertz CT molecular complexity index is 249. The van der Waals surface area contributed by atoms with Crippen LogP contribution in [0.3, 0.4) is 0 Å². The molecule has 0 spiro atoms. The standard InChI is InChI=1S/C7H14N2O2S/c1-4-7-8-12(10,11)9(5-2)6-3/h1,8H,5-7H2,2-3H3. The Labute approximate surface area is 74.1 Å². The molecule has 0 fully saturated rings. The van der Waals surface area contributed by atoms with Crippen LogP contribution in [0.5, 0.6) is 0 Å². The maximum Gasteiger partial charge on any atom is 0.280 e. The van der Waals surface area contributed by atoms with Crippen molar-refractivity contribution in [1.82, 2.24) is 9.03 Å². The molecular formula is C7H14N2O2S. The first-order chi connectivity index (χ1) is 5.58. The normalized spacial score (nSPS) is 11.5. The summed E-state index contributed by atoms with van der Waals surface area (Å²) in [6, 6.07) is 0. The summed E-state index contributed by atoms with van der Waals surface area (Å²) < 4.78 is 26.1. The molecular weight excluding hydrogens is 176 g/mol. The molecule has 0 rings (SSSR count). The molecule has 1 N–H and O–H groups in total. The summed E-state index contributed by atoms with van der Waals surface area (Å²) in [6.45, 7) is 4.50. The van der Waals surface area contributed by atoms with Crippen molar-refractivity contribution in [3.05, 3.63) is 0 Å². The van der Waals surface area contributed by atoms with Crippen LogP contribution in [0.15, 0.2) is 0 Å². The molecule has 0 heterocycles. The fourth-order valence-corrected chi connectivity index (χ4v) is 1.92. The third-order valence-electron chi connectivity index (χ3n) is 1.40. The summed E-state index contributed by atoms with van der Waals surface area (Å²) in [4.78, 5) is 0. The van der Waals surface area contributed by atoms with Gasteiger partial charge in [-0.25, -0.2) is 0 Å². The van der Waals surface area contributed by atoms with Gasteiger partial charge >= 0.3 is 0 Å². The molecule has 0 aromatic rings. The van der Waals surface area contributed by atoms with Crippen molar-refractivity contribution in [3.63, 3.8) is 0 Å². The Balaban J connectivity index is 4.29. The summed E-state index contributed by atoms with van der Waals surface area (Å²) in [5, 5.41) is 0. The maximum absolute atomic E-state index is 11.3. The summed E-state index contributed by atoms with van der Waals surface area (Å²) in [6.07, 6.45) is 4.92. The number of nitrogens with zero attached hydrogens (tertiary/aromatic N) is 1. The molecule has 0 radical (unpaired) electrons. The van der Waals surface area contributed by atoms with E-state index < -0.39 is 10.2 Å². The molecule has 0 saturated heterocycles.